The van der Waals surface area contributed by atoms with Crippen molar-refractivity contribution in [3.05, 3.63) is 11.6 Å². The summed E-state index contributed by atoms with van der Waals surface area (Å²) >= 11 is 0. The molecule has 0 bridgehead atoms. The molecule has 1 radical (unpaired) electrons. The molecule has 123 valence electrons. The largest absolute Gasteiger partial charge is 3.00 e. The minimum Gasteiger partial charge on any atom is -0.497 e. The van der Waals surface area contributed by atoms with E-state index in [-0.39, 0.29) is 26.2 Å². The van der Waals surface area contributed by atoms with Crippen LogP contribution in [0.15, 0.2) is 5.57 Å². The predicted octanol–water partition coefficient (Wildman–Crippen LogP) is 6.45. The number of allylic oxidation sites excluding steroid dienone is 2. The second kappa shape index (κ2) is 25.5. The van der Waals surface area contributed by atoms with Gasteiger partial charge in [-0.25, -0.2) is 0 Å². The van der Waals surface area contributed by atoms with Gasteiger partial charge in [-0.05, 0) is 0 Å². The van der Waals surface area contributed by atoms with Gasteiger partial charge in [0.2, 0.25) is 0 Å². The van der Waals surface area contributed by atoms with Gasteiger partial charge in [0.15, 0.2) is 0 Å². The molecule has 0 amide bonds. The fourth-order valence-corrected chi connectivity index (χ4v) is 2.52. The maximum Gasteiger partial charge on any atom is 3.00 e. The molecule has 0 atom stereocenters. The van der Waals surface area contributed by atoms with Gasteiger partial charge >= 0.3 is 26.2 Å². The summed E-state index contributed by atoms with van der Waals surface area (Å²) < 4.78 is 0. The van der Waals surface area contributed by atoms with E-state index in [1.807, 2.05) is 0 Å². The molecule has 0 aromatic carbocycles. The zero-order chi connectivity index (χ0) is 15.5. The summed E-state index contributed by atoms with van der Waals surface area (Å²) in [5, 5.41) is 7.00. The molecule has 2 rings (SSSR count). The summed E-state index contributed by atoms with van der Waals surface area (Å²) in [6.45, 7) is 6.49. The number of aliphatic hydroxyl groups is 1. The van der Waals surface area contributed by atoms with E-state index in [4.69, 9.17) is 5.11 Å². The van der Waals surface area contributed by atoms with Crippen LogP contribution in [0, 0.1) is 6.08 Å². The Morgan fingerprint density at radius 2 is 0.905 bits per heavy atom. The number of rotatable bonds is 3. The second-order valence-corrected chi connectivity index (χ2v) is 5.38. The molecule has 2 heteroatoms. The van der Waals surface area contributed by atoms with Crippen LogP contribution in [0.2, 0.25) is 0 Å². The number of hydrogen-bond donors (Lipinski definition) is 1. The molecule has 1 nitrogen and oxygen atoms in total. The fourth-order valence-electron chi connectivity index (χ4n) is 2.52. The molecule has 0 saturated heterocycles. The van der Waals surface area contributed by atoms with Gasteiger partial charge in [-0.3, -0.25) is 5.57 Å². The summed E-state index contributed by atoms with van der Waals surface area (Å²) in [6, 6.07) is 0. The van der Waals surface area contributed by atoms with Crippen molar-refractivity contribution in [3.8, 4) is 0 Å². The summed E-state index contributed by atoms with van der Waals surface area (Å²) in [6.07, 6.45) is 21.7. The van der Waals surface area contributed by atoms with Crippen molar-refractivity contribution in [2.24, 2.45) is 0 Å². The first-order valence-electron chi connectivity index (χ1n) is 8.88. The minimum absolute atomic E-state index is 0. The second-order valence-electron chi connectivity index (χ2n) is 5.38. The first-order chi connectivity index (χ1) is 9.85. The van der Waals surface area contributed by atoms with E-state index in [0.717, 1.165) is 13.5 Å². The third kappa shape index (κ3) is 23.0. The molecule has 0 aliphatic heterocycles. The Morgan fingerprint density at radius 1 is 0.667 bits per heavy atom. The molecular weight excluding hydrogens is 335 g/mol. The summed E-state index contributed by atoms with van der Waals surface area (Å²) in [5.74, 6) is 0. The standard InChI is InChI=1S/C8H15.2C5H10.CH4O.Zr/c1-4-7-8(5-2)6-3;2*1-2-4-5-3-1;1-2;/h4-6H2,1-3H3;2*1-5H2;2H,1H3;/q-1;;;;+3. The molecule has 0 heterocycles. The smallest absolute Gasteiger partial charge is 0.497 e. The predicted molar refractivity (Wildman–Crippen MR) is 91.9 cm³/mol. The van der Waals surface area contributed by atoms with Crippen molar-refractivity contribution in [2.45, 2.75) is 104 Å². The van der Waals surface area contributed by atoms with Crippen LogP contribution in [0.3, 0.4) is 0 Å². The van der Waals surface area contributed by atoms with E-state index >= 15 is 0 Å². The molecular formula is C19H39OZr+2. The van der Waals surface area contributed by atoms with Gasteiger partial charge in [0.05, 0.1) is 0 Å². The third-order valence-corrected chi connectivity index (χ3v) is 3.78. The Balaban J connectivity index is -0.000000219. The van der Waals surface area contributed by atoms with Crippen LogP contribution in [0.25, 0.3) is 0 Å². The van der Waals surface area contributed by atoms with Crippen LogP contribution in [-0.4, -0.2) is 12.2 Å². The Morgan fingerprint density at radius 3 is 1.00 bits per heavy atom. The zero-order valence-corrected chi connectivity index (χ0v) is 17.6. The van der Waals surface area contributed by atoms with Crippen molar-refractivity contribution >= 4 is 0 Å². The van der Waals surface area contributed by atoms with E-state index < -0.39 is 0 Å². The van der Waals surface area contributed by atoms with Crippen molar-refractivity contribution < 1.29 is 31.3 Å². The molecule has 0 aromatic rings. The average Bonchev–Trinajstić information content (AvgIpc) is 3.25. The van der Waals surface area contributed by atoms with E-state index in [0.29, 0.717) is 0 Å². The molecule has 0 spiro atoms. The summed E-state index contributed by atoms with van der Waals surface area (Å²) in [5.41, 5.74) is 1.47. The molecule has 21 heavy (non-hydrogen) atoms. The topological polar surface area (TPSA) is 20.2 Å². The van der Waals surface area contributed by atoms with E-state index in [9.17, 15) is 0 Å². The molecule has 0 aromatic heterocycles. The zero-order valence-electron chi connectivity index (χ0n) is 15.1. The Bertz CT molecular complexity index is 151. The average molecular weight is 375 g/mol. The normalized spacial score (nSPS) is 15.1. The molecule has 1 N–H and O–H groups in total. The van der Waals surface area contributed by atoms with Gasteiger partial charge < -0.3 is 11.2 Å². The first-order valence-corrected chi connectivity index (χ1v) is 8.88. The fraction of sp³-hybridized carbons (Fsp3) is 0.895. The molecule has 2 fully saturated rings. The van der Waals surface area contributed by atoms with Gasteiger partial charge in [-0.15, -0.1) is 0 Å². The van der Waals surface area contributed by atoms with E-state index in [1.54, 1.807) is 0 Å². The van der Waals surface area contributed by atoms with Crippen LogP contribution in [0.4, 0.5) is 0 Å². The Hall–Kier alpha value is 0.583. The minimum atomic E-state index is 0. The van der Waals surface area contributed by atoms with E-state index in [1.165, 1.54) is 82.6 Å². The van der Waals surface area contributed by atoms with Crippen LogP contribution >= 0.6 is 0 Å². The van der Waals surface area contributed by atoms with Crippen LogP contribution in [-0.2, 0) is 26.2 Å². The van der Waals surface area contributed by atoms with Crippen LogP contribution < -0.4 is 0 Å². The van der Waals surface area contributed by atoms with Crippen molar-refractivity contribution in [3.63, 3.8) is 0 Å². The summed E-state index contributed by atoms with van der Waals surface area (Å²) in [4.78, 5) is 0. The number of aliphatic hydroxyl groups excluding tert-OH is 1. The first kappa shape index (κ1) is 26.5. The monoisotopic (exact) mass is 373 g/mol. The van der Waals surface area contributed by atoms with Gasteiger partial charge in [-0.1, -0.05) is 97.8 Å². The molecule has 0 unspecified atom stereocenters. The summed E-state index contributed by atoms with van der Waals surface area (Å²) in [7, 11) is 1.00. The van der Waals surface area contributed by atoms with Crippen LogP contribution in [0.1, 0.15) is 104 Å². The third-order valence-electron chi connectivity index (χ3n) is 3.78. The Labute approximate surface area is 154 Å². The maximum atomic E-state index is 7.00. The van der Waals surface area contributed by atoms with E-state index in [2.05, 4.69) is 26.8 Å². The van der Waals surface area contributed by atoms with Crippen molar-refractivity contribution in [1.82, 2.24) is 0 Å². The van der Waals surface area contributed by atoms with Gasteiger partial charge in [0, 0.05) is 7.11 Å². The van der Waals surface area contributed by atoms with Crippen molar-refractivity contribution in [2.75, 3.05) is 7.11 Å². The Kier molecular flexibility index (Phi) is 32.2. The SMILES string of the molecule is C1CCCC1.C1CCCC1.CC[C-]=C(CC)CC.CO.[Zr+3]. The molecule has 2 saturated carbocycles. The van der Waals surface area contributed by atoms with Gasteiger partial charge in [-0.2, -0.15) is 6.42 Å². The van der Waals surface area contributed by atoms with Crippen molar-refractivity contribution in [1.29, 1.82) is 0 Å². The van der Waals surface area contributed by atoms with Crippen LogP contribution in [0.5, 0.6) is 0 Å². The number of hydrogen-bond acceptors (Lipinski definition) is 1. The van der Waals surface area contributed by atoms with Gasteiger partial charge in [0.1, 0.15) is 0 Å². The molecule has 2 aliphatic rings. The quantitative estimate of drug-likeness (QED) is 0.562. The maximum absolute atomic E-state index is 7.00. The van der Waals surface area contributed by atoms with Gasteiger partial charge in [0.25, 0.3) is 0 Å². The molecule has 2 aliphatic carbocycles.